The maximum Gasteiger partial charge on any atom is 0.238 e. The Bertz CT molecular complexity index is 483. The molecule has 21 heavy (non-hydrogen) atoms. The molecule has 0 heterocycles. The van der Waals surface area contributed by atoms with E-state index in [1.165, 1.54) is 57.1 Å². The Kier molecular flexibility index (Phi) is 8.38. The van der Waals surface area contributed by atoms with Crippen molar-refractivity contribution in [1.29, 1.82) is 0 Å². The third-order valence-corrected chi connectivity index (χ3v) is 4.35. The lowest BCUT2D eigenvalue weighted by Crippen LogP contribution is -2.11. The summed E-state index contributed by atoms with van der Waals surface area (Å²) in [5.74, 6) is 0.686. The highest BCUT2D eigenvalue weighted by Gasteiger charge is 2.06. The predicted molar refractivity (Wildman–Crippen MR) is 85.9 cm³/mol. The molecule has 0 aromatic heterocycles. The molecule has 0 aliphatic carbocycles. The van der Waals surface area contributed by atoms with E-state index in [0.29, 0.717) is 12.4 Å². The Hall–Kier alpha value is -1.07. The summed E-state index contributed by atoms with van der Waals surface area (Å²) >= 11 is 0. The number of nitrogens with two attached hydrogens (primary N) is 1. The number of hydrogen-bond donors (Lipinski definition) is 1. The minimum absolute atomic E-state index is 0.113. The first-order valence-electron chi connectivity index (χ1n) is 7.79. The fraction of sp³-hybridized carbons (Fsp3) is 0.625. The first-order chi connectivity index (χ1) is 10.0. The molecule has 0 saturated heterocycles. The molecule has 0 aliphatic rings. The van der Waals surface area contributed by atoms with Crippen LogP contribution < -0.4 is 9.88 Å². The molecule has 1 rings (SSSR count). The number of primary sulfonamides is 1. The Morgan fingerprint density at radius 2 is 1.43 bits per heavy atom. The molecule has 0 radical (unpaired) electrons. The van der Waals surface area contributed by atoms with Gasteiger partial charge in [-0.2, -0.15) is 0 Å². The van der Waals surface area contributed by atoms with Gasteiger partial charge in [0.05, 0.1) is 11.5 Å². The number of rotatable bonds is 11. The molecule has 0 fully saturated rings. The van der Waals surface area contributed by atoms with Gasteiger partial charge in [-0.15, -0.1) is 0 Å². The van der Waals surface area contributed by atoms with E-state index < -0.39 is 10.0 Å². The number of benzene rings is 1. The van der Waals surface area contributed by atoms with Gasteiger partial charge in [-0.3, -0.25) is 0 Å². The third kappa shape index (κ3) is 8.07. The van der Waals surface area contributed by atoms with E-state index >= 15 is 0 Å². The summed E-state index contributed by atoms with van der Waals surface area (Å²) in [6.07, 6.45) is 10.1. The Balaban J connectivity index is 2.10. The fourth-order valence-electron chi connectivity index (χ4n) is 2.15. The zero-order chi connectivity index (χ0) is 15.6. The van der Waals surface area contributed by atoms with Gasteiger partial charge in [-0.1, -0.05) is 51.9 Å². The molecular formula is C16H27NO3S. The molecule has 0 spiro atoms. The largest absolute Gasteiger partial charge is 0.494 e. The molecule has 0 atom stereocenters. The van der Waals surface area contributed by atoms with E-state index in [9.17, 15) is 8.42 Å². The van der Waals surface area contributed by atoms with Crippen LogP contribution in [0.5, 0.6) is 5.75 Å². The highest BCUT2D eigenvalue weighted by atomic mass is 32.2. The molecule has 0 bridgehead atoms. The van der Waals surface area contributed by atoms with E-state index in [2.05, 4.69) is 6.92 Å². The van der Waals surface area contributed by atoms with Gasteiger partial charge in [0, 0.05) is 0 Å². The number of ether oxygens (including phenoxy) is 1. The maximum absolute atomic E-state index is 11.1. The predicted octanol–water partition coefficient (Wildman–Crippen LogP) is 3.85. The van der Waals surface area contributed by atoms with Gasteiger partial charge in [0.2, 0.25) is 10.0 Å². The molecule has 0 amide bonds. The molecular weight excluding hydrogens is 286 g/mol. The lowest BCUT2D eigenvalue weighted by molar-refractivity contribution is 0.304. The van der Waals surface area contributed by atoms with Crippen LogP contribution in [0.2, 0.25) is 0 Å². The van der Waals surface area contributed by atoms with Gasteiger partial charge in [-0.05, 0) is 30.7 Å². The van der Waals surface area contributed by atoms with Crippen molar-refractivity contribution in [3.05, 3.63) is 24.3 Å². The summed E-state index contributed by atoms with van der Waals surface area (Å²) in [5, 5.41) is 5.04. The average Bonchev–Trinajstić information content (AvgIpc) is 2.45. The van der Waals surface area contributed by atoms with E-state index in [0.717, 1.165) is 6.42 Å². The first kappa shape index (κ1) is 18.0. The van der Waals surface area contributed by atoms with Crippen LogP contribution in [0.15, 0.2) is 29.2 Å². The highest BCUT2D eigenvalue weighted by molar-refractivity contribution is 7.89. The minimum Gasteiger partial charge on any atom is -0.494 e. The molecule has 2 N–H and O–H groups in total. The Labute approximate surface area is 128 Å². The van der Waals surface area contributed by atoms with E-state index in [-0.39, 0.29) is 4.90 Å². The summed E-state index contributed by atoms with van der Waals surface area (Å²) in [5.41, 5.74) is 0. The zero-order valence-electron chi connectivity index (χ0n) is 12.9. The van der Waals surface area contributed by atoms with Gasteiger partial charge < -0.3 is 4.74 Å². The van der Waals surface area contributed by atoms with Gasteiger partial charge in [0.25, 0.3) is 0 Å². The topological polar surface area (TPSA) is 69.4 Å². The van der Waals surface area contributed by atoms with Gasteiger partial charge in [0.15, 0.2) is 0 Å². The van der Waals surface area contributed by atoms with Crippen molar-refractivity contribution in [3.63, 3.8) is 0 Å². The van der Waals surface area contributed by atoms with E-state index in [1.807, 2.05) is 0 Å². The lowest BCUT2D eigenvalue weighted by atomic mass is 10.1. The number of unbranched alkanes of at least 4 members (excludes halogenated alkanes) is 7. The smallest absolute Gasteiger partial charge is 0.238 e. The van der Waals surface area contributed by atoms with Crippen molar-refractivity contribution in [2.45, 2.75) is 63.2 Å². The number of hydrogen-bond acceptors (Lipinski definition) is 3. The summed E-state index contributed by atoms with van der Waals surface area (Å²) in [6.45, 7) is 2.90. The van der Waals surface area contributed by atoms with Crippen LogP contribution >= 0.6 is 0 Å². The summed E-state index contributed by atoms with van der Waals surface area (Å²) in [6, 6.07) is 6.23. The van der Waals surface area contributed by atoms with Crippen LogP contribution in [0.1, 0.15) is 58.3 Å². The van der Waals surface area contributed by atoms with Gasteiger partial charge in [0.1, 0.15) is 5.75 Å². The van der Waals surface area contributed by atoms with Crippen molar-refractivity contribution in [3.8, 4) is 5.75 Å². The van der Waals surface area contributed by atoms with Gasteiger partial charge in [-0.25, -0.2) is 13.6 Å². The van der Waals surface area contributed by atoms with Gasteiger partial charge >= 0.3 is 0 Å². The normalized spacial score (nSPS) is 11.5. The first-order valence-corrected chi connectivity index (χ1v) is 9.34. The monoisotopic (exact) mass is 313 g/mol. The third-order valence-electron chi connectivity index (χ3n) is 3.42. The zero-order valence-corrected chi connectivity index (χ0v) is 13.7. The molecule has 120 valence electrons. The van der Waals surface area contributed by atoms with Crippen LogP contribution in [0, 0.1) is 0 Å². The van der Waals surface area contributed by atoms with Crippen molar-refractivity contribution in [1.82, 2.24) is 0 Å². The van der Waals surface area contributed by atoms with Crippen molar-refractivity contribution in [2.24, 2.45) is 5.14 Å². The summed E-state index contributed by atoms with van der Waals surface area (Å²) in [7, 11) is -3.62. The van der Waals surface area contributed by atoms with Crippen LogP contribution in [0.4, 0.5) is 0 Å². The second-order valence-corrected chi connectivity index (χ2v) is 6.90. The average molecular weight is 313 g/mol. The molecule has 0 saturated carbocycles. The second kappa shape index (κ2) is 9.79. The second-order valence-electron chi connectivity index (χ2n) is 5.34. The molecule has 0 aliphatic heterocycles. The Morgan fingerprint density at radius 3 is 1.95 bits per heavy atom. The standard InChI is InChI=1S/C16H27NO3S/c1-2-3-4-5-6-7-8-9-14-20-15-10-12-16(13-11-15)21(17,18)19/h10-13H,2-9,14H2,1H3,(H2,17,18,19). The fourth-order valence-corrected chi connectivity index (χ4v) is 2.67. The lowest BCUT2D eigenvalue weighted by Gasteiger charge is -2.07. The quantitative estimate of drug-likeness (QED) is 0.631. The van der Waals surface area contributed by atoms with Crippen molar-refractivity contribution in [2.75, 3.05) is 6.61 Å². The maximum atomic E-state index is 11.1. The van der Waals surface area contributed by atoms with E-state index in [4.69, 9.17) is 9.88 Å². The van der Waals surface area contributed by atoms with Crippen LogP contribution in [-0.4, -0.2) is 15.0 Å². The van der Waals surface area contributed by atoms with E-state index in [1.54, 1.807) is 12.1 Å². The Morgan fingerprint density at radius 1 is 0.905 bits per heavy atom. The summed E-state index contributed by atoms with van der Waals surface area (Å²) < 4.78 is 27.8. The van der Waals surface area contributed by atoms with Crippen LogP contribution in [-0.2, 0) is 10.0 Å². The number of sulfonamides is 1. The molecule has 1 aromatic rings. The minimum atomic E-state index is -3.62. The van der Waals surface area contributed by atoms with Crippen molar-refractivity contribution >= 4 is 10.0 Å². The molecule has 5 heteroatoms. The molecule has 1 aromatic carbocycles. The van der Waals surface area contributed by atoms with Crippen molar-refractivity contribution < 1.29 is 13.2 Å². The summed E-state index contributed by atoms with van der Waals surface area (Å²) in [4.78, 5) is 0.113. The SMILES string of the molecule is CCCCCCCCCCOc1ccc(S(N)(=O)=O)cc1. The van der Waals surface area contributed by atoms with Crippen LogP contribution in [0.3, 0.4) is 0 Å². The highest BCUT2D eigenvalue weighted by Crippen LogP contribution is 2.15. The van der Waals surface area contributed by atoms with Crippen LogP contribution in [0.25, 0.3) is 0 Å². The molecule has 4 nitrogen and oxygen atoms in total. The molecule has 0 unspecified atom stereocenters.